The first-order valence-corrected chi connectivity index (χ1v) is 30.0. The van der Waals surface area contributed by atoms with Gasteiger partial charge in [-0.15, -0.1) is 0 Å². The number of nitrogens with zero attached hydrogens (tertiary/aromatic N) is 10. The van der Waals surface area contributed by atoms with Gasteiger partial charge < -0.3 is 50.4 Å². The van der Waals surface area contributed by atoms with Crippen LogP contribution in [-0.2, 0) is 48.6 Å². The lowest BCUT2D eigenvalue weighted by atomic mass is 10.1. The third kappa shape index (κ3) is 12.3. The number of aliphatic hydroxyl groups excluding tert-OH is 2. The van der Waals surface area contributed by atoms with Crippen molar-refractivity contribution in [1.29, 1.82) is 0 Å². The molecule has 5 aliphatic heterocycles. The zero-order valence-electron chi connectivity index (χ0n) is 45.6. The summed E-state index contributed by atoms with van der Waals surface area (Å²) in [6, 6.07) is 10.6. The monoisotopic (exact) mass is 1190 g/mol. The summed E-state index contributed by atoms with van der Waals surface area (Å²) in [6.45, 7) is 9.85. The highest BCUT2D eigenvalue weighted by atomic mass is 32.2. The van der Waals surface area contributed by atoms with Crippen molar-refractivity contribution in [3.63, 3.8) is 0 Å². The van der Waals surface area contributed by atoms with Gasteiger partial charge in [0.2, 0.25) is 20.0 Å². The Balaban J connectivity index is 0.000000186. The van der Waals surface area contributed by atoms with Crippen LogP contribution in [0, 0.1) is 0 Å². The van der Waals surface area contributed by atoms with E-state index in [1.165, 1.54) is 87.0 Å². The third-order valence-corrected chi connectivity index (χ3v) is 18.2. The van der Waals surface area contributed by atoms with Gasteiger partial charge in [-0.1, -0.05) is 12.8 Å². The van der Waals surface area contributed by atoms with E-state index >= 15 is 0 Å². The van der Waals surface area contributed by atoms with Gasteiger partial charge in [-0.2, -0.15) is 8.61 Å². The van der Waals surface area contributed by atoms with Gasteiger partial charge in [0.05, 0.1) is 22.4 Å². The molecule has 30 nitrogen and oxygen atoms in total. The van der Waals surface area contributed by atoms with E-state index in [9.17, 15) is 46.2 Å². The lowest BCUT2D eigenvalue weighted by Gasteiger charge is -2.25. The fourth-order valence-corrected chi connectivity index (χ4v) is 13.4. The van der Waals surface area contributed by atoms with E-state index in [0.717, 1.165) is 38.5 Å². The number of fused-ring (bicyclic) bond motifs is 3. The Morgan fingerprint density at radius 1 is 0.554 bits per heavy atom. The largest absolute Gasteiger partial charge is 0.387 e. The molecule has 2 aromatic carbocycles. The minimum atomic E-state index is -3.59. The van der Waals surface area contributed by atoms with E-state index < -0.39 is 92.9 Å². The van der Waals surface area contributed by atoms with E-state index in [-0.39, 0.29) is 38.5 Å². The predicted octanol–water partition coefficient (Wildman–Crippen LogP) is 2.60. The van der Waals surface area contributed by atoms with Crippen LogP contribution >= 0.6 is 0 Å². The number of likely N-dealkylation sites (N-methyl/N-ethyl adjacent to an activating group) is 2. The Bertz CT molecular complexity index is 3580. The summed E-state index contributed by atoms with van der Waals surface area (Å²) in [4.78, 5) is 76.2. The third-order valence-electron chi connectivity index (χ3n) is 14.3. The number of nitrogens with one attached hydrogen (secondary N) is 6. The van der Waals surface area contributed by atoms with Crippen molar-refractivity contribution >= 4 is 89.3 Å². The smallest absolute Gasteiger partial charge is 0.324 e. The average Bonchev–Trinajstić information content (AvgIpc) is 2.09. The Morgan fingerprint density at radius 3 is 1.43 bits per heavy atom. The van der Waals surface area contributed by atoms with E-state index in [4.69, 9.17) is 18.9 Å². The fourth-order valence-electron chi connectivity index (χ4n) is 10.4. The van der Waals surface area contributed by atoms with Crippen molar-refractivity contribution in [3.8, 4) is 0 Å². The molecule has 0 spiro atoms. The summed E-state index contributed by atoms with van der Waals surface area (Å²) >= 11 is 0. The summed E-state index contributed by atoms with van der Waals surface area (Å²) in [7, 11) is -7.17. The Morgan fingerprint density at radius 2 is 0.976 bits per heavy atom. The molecule has 6 aromatic rings. The second kappa shape index (κ2) is 24.4. The number of hydrogen-bond donors (Lipinski definition) is 8. The number of hydrogen-bond acceptors (Lipinski definition) is 20. The number of aromatic nitrogens is 8. The highest BCUT2D eigenvalue weighted by molar-refractivity contribution is 7.89. The molecule has 444 valence electrons. The van der Waals surface area contributed by atoms with Gasteiger partial charge in [-0.3, -0.25) is 29.4 Å². The van der Waals surface area contributed by atoms with Crippen molar-refractivity contribution in [2.45, 2.75) is 131 Å². The summed E-state index contributed by atoms with van der Waals surface area (Å²) in [6.07, 6.45) is 2.33. The number of benzene rings is 2. The maximum Gasteiger partial charge on any atom is 0.324 e. The molecule has 0 bridgehead atoms. The van der Waals surface area contributed by atoms with Gasteiger partial charge in [0.25, 0.3) is 11.8 Å². The van der Waals surface area contributed by atoms with E-state index in [2.05, 4.69) is 61.8 Å². The molecule has 32 heteroatoms. The molecule has 83 heavy (non-hydrogen) atoms. The number of imidazole rings is 2. The minimum absolute atomic E-state index is 0.0545. The maximum absolute atomic E-state index is 12.9. The number of anilines is 4. The molecule has 5 saturated heterocycles. The first-order chi connectivity index (χ1) is 39.8. The number of aliphatic hydroxyl groups is 2. The standard InChI is InChI=1S/C27H34N8O7S.C24H30N8O7S/c1-4-28-24(36)20-19-21(42-27(2,3)41-19)25(40-20)35-15-31-18-22(29-14-30-23(18)35)33-26(37)32-16-8-10-17(11-9-16)43(38,39)34-12-6-5-7-13-34;1-2-25-22(35)19-17(33)18(34)23(39-19)32-13-28-16-20(26-12-27-21(16)32)30-24(36)29-14-6-8-15(9-7-14)40(37,38)31-10-4-3-5-11-31/h8-11,14-15,19-21,25H,4-7,12-13H2,1-3H3,(H,28,36)(H2,29,30,32,33,37);6-9,12-13,17-19,23,33-34H,2-5,10-11H2,1H3,(H,25,35)(H2,26,27,29,30,36)/t19-,20+,21-,25-;17-,18+,19-,23+/m10/s1. The number of piperidine rings is 2. The Kier molecular flexibility index (Phi) is 17.3. The van der Waals surface area contributed by atoms with Gasteiger partial charge in [-0.05, 0) is 102 Å². The highest BCUT2D eigenvalue weighted by Gasteiger charge is 2.58. The highest BCUT2D eigenvalue weighted by Crippen LogP contribution is 2.44. The summed E-state index contributed by atoms with van der Waals surface area (Å²) < 4.78 is 81.3. The van der Waals surface area contributed by atoms with Crippen molar-refractivity contribution < 1.29 is 65.2 Å². The van der Waals surface area contributed by atoms with E-state index in [1.54, 1.807) is 25.3 Å². The van der Waals surface area contributed by atoms with Crippen molar-refractivity contribution in [2.24, 2.45) is 0 Å². The molecule has 4 aromatic heterocycles. The van der Waals surface area contributed by atoms with Crippen LogP contribution in [0.1, 0.15) is 78.7 Å². The molecule has 0 unspecified atom stereocenters. The molecular weight excluding hydrogens is 1120 g/mol. The van der Waals surface area contributed by atoms with Crippen LogP contribution in [-0.4, -0.2) is 180 Å². The van der Waals surface area contributed by atoms with Crippen LogP contribution in [0.3, 0.4) is 0 Å². The quantitative estimate of drug-likeness (QED) is 0.0777. The summed E-state index contributed by atoms with van der Waals surface area (Å²) in [5.41, 5.74) is 1.76. The normalized spacial score (nSPS) is 24.6. The van der Waals surface area contributed by atoms with Gasteiger partial charge in [-0.25, -0.2) is 56.3 Å². The number of carbonyl (C=O) groups is 4. The first-order valence-electron chi connectivity index (χ1n) is 27.1. The summed E-state index contributed by atoms with van der Waals surface area (Å²) in [5.74, 6) is -1.60. The lowest BCUT2D eigenvalue weighted by molar-refractivity contribution is -0.197. The fraction of sp³-hybridized carbons (Fsp3) is 0.490. The molecular formula is C51H64N16O14S2. The second-order valence-electron chi connectivity index (χ2n) is 20.5. The Labute approximate surface area is 476 Å². The molecule has 8 N–H and O–H groups in total. The van der Waals surface area contributed by atoms with Gasteiger partial charge in [0.1, 0.15) is 37.1 Å². The van der Waals surface area contributed by atoms with Gasteiger partial charge in [0, 0.05) is 50.6 Å². The van der Waals surface area contributed by atoms with E-state index in [1.807, 2.05) is 6.92 Å². The SMILES string of the molecule is CCNC(=O)[C@H]1O[C@@H](n2cnc3c(NC(=O)Nc4ccc(S(=O)(=O)N5CCCCC5)cc4)ncnc32)[C@@H]2OC(C)(C)O[C@@H]21.CCNC(=O)[C@H]1O[C@@H](n2cnc3c(NC(=O)Nc4ccc(S(=O)(=O)N5CCCCC5)cc4)ncnc32)[C@H](O)[C@@H]1O. The predicted molar refractivity (Wildman–Crippen MR) is 295 cm³/mol. The first kappa shape index (κ1) is 58.8. The average molecular weight is 1190 g/mol. The van der Waals surface area contributed by atoms with Gasteiger partial charge in [0.15, 0.2) is 64.4 Å². The topological polar surface area (TPSA) is 380 Å². The molecule has 5 fully saturated rings. The number of sulfonamides is 2. The molecule has 5 aliphatic rings. The molecule has 0 aliphatic carbocycles. The van der Waals surface area contributed by atoms with Crippen LogP contribution in [0.5, 0.6) is 0 Å². The molecule has 9 heterocycles. The van der Waals surface area contributed by atoms with Crippen LogP contribution < -0.4 is 31.9 Å². The zero-order valence-corrected chi connectivity index (χ0v) is 47.2. The Hall–Kier alpha value is -7.40. The second-order valence-corrected chi connectivity index (χ2v) is 24.3. The van der Waals surface area contributed by atoms with E-state index in [0.29, 0.717) is 61.8 Å². The summed E-state index contributed by atoms with van der Waals surface area (Å²) in [5, 5.41) is 36.7. The molecule has 0 saturated carbocycles. The molecule has 11 rings (SSSR count). The van der Waals surface area contributed by atoms with Crippen LogP contribution in [0.15, 0.2) is 83.6 Å². The van der Waals surface area contributed by atoms with Crippen molar-refractivity contribution in [1.82, 2.24) is 58.3 Å². The zero-order chi connectivity index (χ0) is 58.8. The number of amides is 6. The van der Waals surface area contributed by atoms with Crippen LogP contribution in [0.2, 0.25) is 0 Å². The van der Waals surface area contributed by atoms with Crippen LogP contribution in [0.4, 0.5) is 32.6 Å². The lowest BCUT2D eigenvalue weighted by Crippen LogP contribution is -2.42. The van der Waals surface area contributed by atoms with Crippen molar-refractivity contribution in [2.75, 3.05) is 60.5 Å². The number of ether oxygens (including phenoxy) is 4. The number of urea groups is 2. The number of carbonyl (C=O) groups excluding carboxylic acids is 4. The number of rotatable bonds is 14. The molecule has 8 atom stereocenters. The van der Waals surface area contributed by atoms with Crippen LogP contribution in [0.25, 0.3) is 22.3 Å². The molecule has 0 radical (unpaired) electrons. The van der Waals surface area contributed by atoms with Crippen molar-refractivity contribution in [3.05, 3.63) is 73.8 Å². The maximum atomic E-state index is 12.9. The molecule has 6 amide bonds. The van der Waals surface area contributed by atoms with Gasteiger partial charge >= 0.3 is 12.1 Å². The minimum Gasteiger partial charge on any atom is -0.387 e.